The van der Waals surface area contributed by atoms with Gasteiger partial charge in [-0.1, -0.05) is 0 Å². The first-order chi connectivity index (χ1) is 11.2. The summed E-state index contributed by atoms with van der Waals surface area (Å²) in [5, 5.41) is 18.6. The number of rotatable bonds is 2. The quantitative estimate of drug-likeness (QED) is 0.516. The average molecular weight is 366 g/mol. The van der Waals surface area contributed by atoms with Crippen molar-refractivity contribution in [3.63, 3.8) is 0 Å². The monoisotopic (exact) mass is 367 g/mol. The zero-order chi connectivity index (χ0) is 15.8. The number of para-hydroxylation sites is 2. The molecule has 1 aliphatic rings. The van der Waals surface area contributed by atoms with Crippen molar-refractivity contribution in [1.29, 1.82) is 0 Å². The van der Waals surface area contributed by atoms with E-state index in [0.29, 0.717) is 20.4 Å². The first-order valence-electron chi connectivity index (χ1n) is 7.36. The van der Waals surface area contributed by atoms with Crippen molar-refractivity contribution in [1.82, 2.24) is 0 Å². The Kier molecular flexibility index (Phi) is 3.72. The molecule has 3 aromatic rings. The Bertz CT molecular complexity index is 806. The summed E-state index contributed by atoms with van der Waals surface area (Å²) >= 11 is 0.297. The Morgan fingerprint density at radius 1 is 0.696 bits per heavy atom. The van der Waals surface area contributed by atoms with Gasteiger partial charge in [0.2, 0.25) is 0 Å². The number of nitrogens with zero attached hydrogens (tertiary/aromatic N) is 1. The van der Waals surface area contributed by atoms with Crippen molar-refractivity contribution in [3.8, 4) is 0 Å². The molecule has 0 saturated carbocycles. The first kappa shape index (κ1) is 14.5. The Morgan fingerprint density at radius 2 is 1.22 bits per heavy atom. The molecule has 0 atom stereocenters. The van der Waals surface area contributed by atoms with E-state index in [2.05, 4.69) is 53.4 Å². The van der Waals surface area contributed by atoms with Crippen LogP contribution in [0.4, 0.5) is 17.1 Å². The average Bonchev–Trinajstić information content (AvgIpc) is 2.59. The summed E-state index contributed by atoms with van der Waals surface area (Å²) in [5.74, 6) is 0. The van der Waals surface area contributed by atoms with Crippen LogP contribution >= 0.6 is 0 Å². The molecule has 0 amide bonds. The van der Waals surface area contributed by atoms with Crippen LogP contribution in [0, 0.1) is 0 Å². The van der Waals surface area contributed by atoms with Crippen LogP contribution in [0.3, 0.4) is 0 Å². The number of hydrogen-bond donors (Lipinski definition) is 2. The van der Waals surface area contributed by atoms with E-state index in [1.165, 1.54) is 20.3 Å². The third kappa shape index (κ3) is 2.58. The van der Waals surface area contributed by atoms with Crippen LogP contribution in [0.2, 0.25) is 0 Å². The maximum absolute atomic E-state index is 9.28. The number of benzene rings is 3. The summed E-state index contributed by atoms with van der Waals surface area (Å²) in [6.45, 7) is 0. The molecule has 0 aromatic heterocycles. The Labute approximate surface area is 141 Å². The summed E-state index contributed by atoms with van der Waals surface area (Å²) in [7, 11) is -1.44. The second-order valence-electron chi connectivity index (χ2n) is 5.34. The van der Waals surface area contributed by atoms with Crippen LogP contribution in [0.25, 0.3) is 0 Å². The Morgan fingerprint density at radius 3 is 1.74 bits per heavy atom. The molecule has 0 unspecified atom stereocenters. The zero-order valence-electron chi connectivity index (χ0n) is 12.3. The van der Waals surface area contributed by atoms with Crippen molar-refractivity contribution < 1.29 is 10.0 Å². The summed E-state index contributed by atoms with van der Waals surface area (Å²) in [4.78, 5) is 2.24. The minimum atomic E-state index is -1.44. The topological polar surface area (TPSA) is 43.7 Å². The van der Waals surface area contributed by atoms with Gasteiger partial charge >= 0.3 is 141 Å². The summed E-state index contributed by atoms with van der Waals surface area (Å²) < 4.78 is 2.70. The van der Waals surface area contributed by atoms with Gasteiger partial charge in [0.05, 0.1) is 0 Å². The van der Waals surface area contributed by atoms with E-state index in [4.69, 9.17) is 0 Å². The zero-order valence-corrected chi connectivity index (χ0v) is 14.0. The molecular formula is C18H14BNO2Se. The van der Waals surface area contributed by atoms with E-state index in [1.807, 2.05) is 12.1 Å². The molecule has 112 valence electrons. The normalized spacial score (nSPS) is 12.5. The third-order valence-electron chi connectivity index (χ3n) is 3.88. The molecule has 0 bridgehead atoms. The van der Waals surface area contributed by atoms with Crippen molar-refractivity contribution in [2.24, 2.45) is 0 Å². The van der Waals surface area contributed by atoms with Gasteiger partial charge < -0.3 is 0 Å². The number of anilines is 3. The summed E-state index contributed by atoms with van der Waals surface area (Å²) in [6.07, 6.45) is 0. The molecule has 0 saturated heterocycles. The predicted octanol–water partition coefficient (Wildman–Crippen LogP) is 0.805. The second-order valence-corrected chi connectivity index (χ2v) is 7.61. The van der Waals surface area contributed by atoms with Crippen molar-refractivity contribution in [2.75, 3.05) is 4.90 Å². The Balaban J connectivity index is 1.87. The van der Waals surface area contributed by atoms with Gasteiger partial charge in [-0.15, -0.1) is 0 Å². The molecule has 23 heavy (non-hydrogen) atoms. The molecule has 2 N–H and O–H groups in total. The van der Waals surface area contributed by atoms with Gasteiger partial charge in [0, 0.05) is 0 Å². The molecule has 0 radical (unpaired) electrons. The standard InChI is InChI=1S/C18H14BNO2Se/c21-19(22)13-9-11-14(12-10-13)20-15-5-1-3-7-17(15)23-18-8-4-2-6-16(18)20/h1-12,21-22H. The van der Waals surface area contributed by atoms with E-state index in [9.17, 15) is 10.0 Å². The fourth-order valence-corrected chi connectivity index (χ4v) is 5.00. The molecule has 0 fully saturated rings. The molecule has 3 nitrogen and oxygen atoms in total. The Hall–Kier alpha value is -2.04. The summed E-state index contributed by atoms with van der Waals surface area (Å²) in [6, 6.07) is 24.3. The van der Waals surface area contributed by atoms with E-state index in [1.54, 1.807) is 12.1 Å². The molecule has 1 aliphatic heterocycles. The fourth-order valence-electron chi connectivity index (χ4n) is 2.78. The van der Waals surface area contributed by atoms with Crippen LogP contribution in [-0.2, 0) is 0 Å². The second kappa shape index (κ2) is 5.87. The van der Waals surface area contributed by atoms with Crippen molar-refractivity contribution >= 4 is 53.5 Å². The van der Waals surface area contributed by atoms with Gasteiger partial charge in [-0.05, 0) is 0 Å². The van der Waals surface area contributed by atoms with Gasteiger partial charge in [-0.2, -0.15) is 0 Å². The van der Waals surface area contributed by atoms with E-state index in [0.717, 1.165) is 5.69 Å². The van der Waals surface area contributed by atoms with E-state index >= 15 is 0 Å². The SMILES string of the molecule is OB(O)c1ccc(N2c3ccccc3[Se]c3ccccc32)cc1. The van der Waals surface area contributed by atoms with Crippen molar-refractivity contribution in [2.45, 2.75) is 0 Å². The number of fused-ring (bicyclic) bond motifs is 2. The molecular weight excluding hydrogens is 352 g/mol. The van der Waals surface area contributed by atoms with Gasteiger partial charge in [0.15, 0.2) is 0 Å². The van der Waals surface area contributed by atoms with Crippen LogP contribution in [0.1, 0.15) is 0 Å². The molecule has 3 aromatic carbocycles. The first-order valence-corrected chi connectivity index (χ1v) is 9.07. The maximum atomic E-state index is 9.28. The van der Waals surface area contributed by atoms with Gasteiger partial charge in [0.1, 0.15) is 0 Å². The van der Waals surface area contributed by atoms with Gasteiger partial charge in [-0.3, -0.25) is 0 Å². The van der Waals surface area contributed by atoms with Crippen LogP contribution in [-0.4, -0.2) is 32.1 Å². The van der Waals surface area contributed by atoms with Gasteiger partial charge in [0.25, 0.3) is 0 Å². The van der Waals surface area contributed by atoms with Crippen LogP contribution < -0.4 is 19.3 Å². The molecule has 4 rings (SSSR count). The molecule has 0 aliphatic carbocycles. The third-order valence-corrected chi connectivity index (χ3v) is 6.25. The van der Waals surface area contributed by atoms with Crippen LogP contribution in [0.15, 0.2) is 72.8 Å². The molecule has 0 spiro atoms. The van der Waals surface area contributed by atoms with Crippen LogP contribution in [0.5, 0.6) is 0 Å². The molecule has 1 heterocycles. The fraction of sp³-hybridized carbons (Fsp3) is 0. The number of hydrogen-bond acceptors (Lipinski definition) is 3. The minimum absolute atomic E-state index is 0.297. The van der Waals surface area contributed by atoms with E-state index in [-0.39, 0.29) is 0 Å². The summed E-state index contributed by atoms with van der Waals surface area (Å²) in [5.41, 5.74) is 3.91. The predicted molar refractivity (Wildman–Crippen MR) is 96.0 cm³/mol. The van der Waals surface area contributed by atoms with Gasteiger partial charge in [-0.25, -0.2) is 0 Å². The molecule has 5 heteroatoms. The van der Waals surface area contributed by atoms with Crippen molar-refractivity contribution in [3.05, 3.63) is 72.8 Å². The van der Waals surface area contributed by atoms with E-state index < -0.39 is 7.12 Å².